The van der Waals surface area contributed by atoms with E-state index in [1.54, 1.807) is 0 Å². The van der Waals surface area contributed by atoms with Crippen LogP contribution in [0.4, 0.5) is 8.78 Å². The number of hydrogen-bond acceptors (Lipinski definition) is 4. The minimum absolute atomic E-state index is 0.0769. The van der Waals surface area contributed by atoms with Gasteiger partial charge in [0.1, 0.15) is 5.60 Å². The molecule has 0 spiro atoms. The lowest BCUT2D eigenvalue weighted by Crippen LogP contribution is -2.49. The van der Waals surface area contributed by atoms with Crippen LogP contribution in [0.3, 0.4) is 0 Å². The minimum Gasteiger partial charge on any atom is -0.393 e. The average molecular weight is 417 g/mol. The molecule has 1 heterocycles. The average Bonchev–Trinajstić information content (AvgIpc) is 2.68. The number of nitrogens with one attached hydrogen (secondary N) is 1. The molecule has 0 saturated heterocycles. The molecule has 1 aromatic heterocycles. The van der Waals surface area contributed by atoms with Crippen molar-refractivity contribution >= 4 is 29.1 Å². The number of nitrogens with zero attached hydrogens (tertiary/aromatic N) is 1. The number of aromatic nitrogens is 1. The van der Waals surface area contributed by atoms with E-state index < -0.39 is 29.6 Å². The van der Waals surface area contributed by atoms with Crippen LogP contribution < -0.4 is 5.32 Å². The van der Waals surface area contributed by atoms with Crippen LogP contribution >= 0.6 is 23.2 Å². The van der Waals surface area contributed by atoms with Gasteiger partial charge < -0.3 is 15.5 Å². The molecular formula is C18H16Cl2F2N2O3. The summed E-state index contributed by atoms with van der Waals surface area (Å²) in [5.74, 6) is -1.79. The second kappa shape index (κ2) is 7.31. The predicted octanol–water partition coefficient (Wildman–Crippen LogP) is 2.98. The third-order valence-electron chi connectivity index (χ3n) is 4.73. The van der Waals surface area contributed by atoms with Crippen molar-refractivity contribution in [3.8, 4) is 0 Å². The summed E-state index contributed by atoms with van der Waals surface area (Å²) in [6, 6.07) is 5.50. The Bertz CT molecular complexity index is 899. The molecule has 144 valence electrons. The topological polar surface area (TPSA) is 82.5 Å². The summed E-state index contributed by atoms with van der Waals surface area (Å²) >= 11 is 11.5. The third kappa shape index (κ3) is 3.40. The second-order valence-corrected chi connectivity index (χ2v) is 7.19. The van der Waals surface area contributed by atoms with Crippen LogP contribution in [0.25, 0.3) is 0 Å². The Morgan fingerprint density at radius 3 is 2.74 bits per heavy atom. The number of fused-ring (bicyclic) bond motifs is 1. The first-order valence-electron chi connectivity index (χ1n) is 8.12. The minimum atomic E-state index is -2.46. The van der Waals surface area contributed by atoms with E-state index in [9.17, 15) is 19.4 Å². The van der Waals surface area contributed by atoms with E-state index in [1.165, 1.54) is 30.5 Å². The number of hydrogen-bond donors (Lipinski definition) is 3. The molecule has 1 amide bonds. The highest BCUT2D eigenvalue weighted by Crippen LogP contribution is 2.45. The highest BCUT2D eigenvalue weighted by atomic mass is 35.5. The maximum Gasteiger partial charge on any atom is 0.262 e. The molecule has 0 saturated carbocycles. The first kappa shape index (κ1) is 19.9. The molecule has 1 aromatic carbocycles. The van der Waals surface area contributed by atoms with Gasteiger partial charge in [0.25, 0.3) is 5.91 Å². The summed E-state index contributed by atoms with van der Waals surface area (Å²) in [7, 11) is 0. The molecule has 5 nitrogen and oxygen atoms in total. The molecule has 3 N–H and O–H groups in total. The van der Waals surface area contributed by atoms with Crippen LogP contribution in [-0.2, 0) is 22.6 Å². The van der Waals surface area contributed by atoms with E-state index in [0.29, 0.717) is 0 Å². The fourth-order valence-electron chi connectivity index (χ4n) is 3.14. The number of aliphatic hydroxyl groups excluding tert-OH is 1. The van der Waals surface area contributed by atoms with Gasteiger partial charge in [0.05, 0.1) is 22.3 Å². The fraction of sp³-hybridized carbons (Fsp3) is 0.333. The molecule has 2 atom stereocenters. The van der Waals surface area contributed by atoms with E-state index in [1.807, 2.05) is 0 Å². The summed E-state index contributed by atoms with van der Waals surface area (Å²) in [6.07, 6.45) is 0.810. The largest absolute Gasteiger partial charge is 0.393 e. The lowest BCUT2D eigenvalue weighted by Gasteiger charge is -2.38. The Balaban J connectivity index is 1.87. The first-order valence-corrected chi connectivity index (χ1v) is 8.87. The number of aliphatic hydroxyl groups is 2. The fourth-order valence-corrected chi connectivity index (χ4v) is 3.57. The summed E-state index contributed by atoms with van der Waals surface area (Å²) in [4.78, 5) is 16.6. The number of benzene rings is 1. The lowest BCUT2D eigenvalue weighted by molar-refractivity contribution is -0.138. The van der Waals surface area contributed by atoms with Crippen molar-refractivity contribution < 1.29 is 23.8 Å². The molecule has 0 aliphatic heterocycles. The molecule has 3 rings (SSSR count). The van der Waals surface area contributed by atoms with E-state index in [-0.39, 0.29) is 46.3 Å². The standard InChI is InChI=1S/C18H16Cl2F2N2O3/c19-12-4-3-10(13(20)14(12)21)8-24-16(26)18(22)6-5-17(27,9-25)15-11(18)2-1-7-23-15/h1-4,7,25,27H,5-6,8-9H2,(H,24,26). The van der Waals surface area contributed by atoms with Crippen LogP contribution in [0, 0.1) is 5.82 Å². The molecule has 1 aliphatic carbocycles. The van der Waals surface area contributed by atoms with Crippen molar-refractivity contribution in [3.05, 3.63) is 63.1 Å². The maximum absolute atomic E-state index is 15.6. The number of amides is 1. The van der Waals surface area contributed by atoms with E-state index in [0.717, 1.165) is 0 Å². The van der Waals surface area contributed by atoms with Crippen LogP contribution in [0.2, 0.25) is 10.0 Å². The zero-order valence-electron chi connectivity index (χ0n) is 14.0. The van der Waals surface area contributed by atoms with Gasteiger partial charge >= 0.3 is 0 Å². The zero-order chi connectivity index (χ0) is 19.8. The molecule has 2 aromatic rings. The van der Waals surface area contributed by atoms with Crippen molar-refractivity contribution in [2.24, 2.45) is 0 Å². The Kier molecular flexibility index (Phi) is 5.40. The Labute approximate surface area is 163 Å². The Hall–Kier alpha value is -1.80. The second-order valence-electron chi connectivity index (χ2n) is 6.41. The summed E-state index contributed by atoms with van der Waals surface area (Å²) < 4.78 is 29.4. The van der Waals surface area contributed by atoms with Crippen LogP contribution in [0.5, 0.6) is 0 Å². The number of carbonyl (C=O) groups is 1. The van der Waals surface area contributed by atoms with Gasteiger partial charge in [-0.2, -0.15) is 0 Å². The van der Waals surface area contributed by atoms with Crippen LogP contribution in [0.1, 0.15) is 29.7 Å². The number of alkyl halides is 1. The van der Waals surface area contributed by atoms with Gasteiger partial charge in [-0.3, -0.25) is 9.78 Å². The van der Waals surface area contributed by atoms with Gasteiger partial charge in [0, 0.05) is 18.3 Å². The number of carbonyl (C=O) groups excluding carboxylic acids is 1. The predicted molar refractivity (Wildman–Crippen MR) is 95.5 cm³/mol. The first-order chi connectivity index (χ1) is 12.7. The summed E-state index contributed by atoms with van der Waals surface area (Å²) in [6.45, 7) is -0.855. The van der Waals surface area contributed by atoms with Crippen molar-refractivity contribution in [1.29, 1.82) is 0 Å². The molecule has 1 aliphatic rings. The monoisotopic (exact) mass is 416 g/mol. The highest BCUT2D eigenvalue weighted by Gasteiger charge is 2.51. The maximum atomic E-state index is 15.6. The van der Waals surface area contributed by atoms with Crippen LogP contribution in [0.15, 0.2) is 30.5 Å². The van der Waals surface area contributed by atoms with Crippen LogP contribution in [-0.4, -0.2) is 27.7 Å². The van der Waals surface area contributed by atoms with E-state index in [4.69, 9.17) is 23.2 Å². The zero-order valence-corrected chi connectivity index (χ0v) is 15.5. The van der Waals surface area contributed by atoms with Gasteiger partial charge in [-0.25, -0.2) is 8.78 Å². The number of rotatable bonds is 4. The van der Waals surface area contributed by atoms with Crippen molar-refractivity contribution in [1.82, 2.24) is 10.3 Å². The summed E-state index contributed by atoms with van der Waals surface area (Å²) in [5.41, 5.74) is -4.12. The molecular weight excluding hydrogens is 401 g/mol. The molecule has 0 fully saturated rings. The normalized spacial score (nSPS) is 24.4. The summed E-state index contributed by atoms with van der Waals surface area (Å²) in [5, 5.41) is 21.9. The van der Waals surface area contributed by atoms with Crippen molar-refractivity contribution in [3.63, 3.8) is 0 Å². The SMILES string of the molecule is O=C(NCc1ccc(Cl)c(F)c1Cl)C1(F)CCC(O)(CO)c2ncccc21. The van der Waals surface area contributed by atoms with Gasteiger partial charge in [0.2, 0.25) is 5.67 Å². The van der Waals surface area contributed by atoms with Crippen molar-refractivity contribution in [2.45, 2.75) is 30.7 Å². The van der Waals surface area contributed by atoms with Gasteiger partial charge in [-0.05, 0) is 30.5 Å². The molecule has 0 bridgehead atoms. The van der Waals surface area contributed by atoms with Crippen molar-refractivity contribution in [2.75, 3.05) is 6.61 Å². The van der Waals surface area contributed by atoms with Gasteiger partial charge in [-0.15, -0.1) is 0 Å². The third-order valence-corrected chi connectivity index (χ3v) is 5.44. The Morgan fingerprint density at radius 2 is 2.04 bits per heavy atom. The number of pyridine rings is 1. The molecule has 9 heteroatoms. The Morgan fingerprint density at radius 1 is 1.30 bits per heavy atom. The van der Waals surface area contributed by atoms with E-state index in [2.05, 4.69) is 10.3 Å². The molecule has 2 unspecified atom stereocenters. The van der Waals surface area contributed by atoms with Gasteiger partial charge in [0.15, 0.2) is 5.82 Å². The van der Waals surface area contributed by atoms with Gasteiger partial charge in [-0.1, -0.05) is 35.3 Å². The number of halogens is 4. The molecule has 0 radical (unpaired) electrons. The molecule has 27 heavy (non-hydrogen) atoms. The smallest absolute Gasteiger partial charge is 0.262 e. The lowest BCUT2D eigenvalue weighted by atomic mass is 9.74. The van der Waals surface area contributed by atoms with E-state index >= 15 is 4.39 Å². The highest BCUT2D eigenvalue weighted by molar-refractivity contribution is 6.35. The quantitative estimate of drug-likeness (QED) is 0.669.